The Bertz CT molecular complexity index is 733. The van der Waals surface area contributed by atoms with Crippen molar-refractivity contribution in [2.45, 2.75) is 45.6 Å². The van der Waals surface area contributed by atoms with Crippen LogP contribution in [0.15, 0.2) is 36.3 Å². The highest BCUT2D eigenvalue weighted by Crippen LogP contribution is 2.26. The third-order valence-corrected chi connectivity index (χ3v) is 4.55. The van der Waals surface area contributed by atoms with Gasteiger partial charge in [-0.1, -0.05) is 18.9 Å². The molecule has 1 aromatic rings. The van der Waals surface area contributed by atoms with E-state index in [0.717, 1.165) is 30.6 Å². The van der Waals surface area contributed by atoms with Gasteiger partial charge < -0.3 is 10.2 Å². The number of nitriles is 1. The molecule has 0 spiro atoms. The molecule has 1 N–H and O–H groups in total. The van der Waals surface area contributed by atoms with E-state index in [-0.39, 0.29) is 0 Å². The van der Waals surface area contributed by atoms with Gasteiger partial charge in [-0.2, -0.15) is 5.26 Å². The lowest BCUT2D eigenvalue weighted by molar-refractivity contribution is 0.505. The highest BCUT2D eigenvalue weighted by atomic mass is 15.1. The molecule has 1 saturated carbocycles. The zero-order valence-electron chi connectivity index (χ0n) is 14.3. The Hall–Kier alpha value is -2.61. The number of hydrogen-bond acceptors (Lipinski definition) is 5. The Morgan fingerprint density at radius 3 is 2.88 bits per heavy atom. The Balaban J connectivity index is 1.98. The van der Waals surface area contributed by atoms with E-state index in [1.54, 1.807) is 6.20 Å². The SMILES string of the molecule is CCN1C=CC=CC1=C(C#N)c1nc(NC2CCCC2)ncc1C. The van der Waals surface area contributed by atoms with Crippen molar-refractivity contribution in [1.82, 2.24) is 14.9 Å². The zero-order chi connectivity index (χ0) is 16.9. The number of nitrogens with zero attached hydrogens (tertiary/aromatic N) is 4. The minimum Gasteiger partial charge on any atom is -0.351 e. The van der Waals surface area contributed by atoms with Crippen LogP contribution in [-0.4, -0.2) is 27.5 Å². The number of rotatable bonds is 4. The molecule has 0 atom stereocenters. The van der Waals surface area contributed by atoms with Crippen LogP contribution in [-0.2, 0) is 0 Å². The largest absolute Gasteiger partial charge is 0.351 e. The molecule has 2 heterocycles. The molecule has 5 heteroatoms. The summed E-state index contributed by atoms with van der Waals surface area (Å²) in [6.45, 7) is 4.82. The zero-order valence-corrected chi connectivity index (χ0v) is 14.3. The van der Waals surface area contributed by atoms with Crippen LogP contribution in [0.5, 0.6) is 0 Å². The predicted molar refractivity (Wildman–Crippen MR) is 95.8 cm³/mol. The van der Waals surface area contributed by atoms with Gasteiger partial charge in [0.25, 0.3) is 0 Å². The van der Waals surface area contributed by atoms with Crippen LogP contribution < -0.4 is 5.32 Å². The molecule has 0 unspecified atom stereocenters. The first kappa shape index (κ1) is 16.3. The molecule has 0 bridgehead atoms. The first-order chi connectivity index (χ1) is 11.7. The van der Waals surface area contributed by atoms with Crippen LogP contribution in [0.4, 0.5) is 5.95 Å². The van der Waals surface area contributed by atoms with Crippen molar-refractivity contribution in [2.24, 2.45) is 0 Å². The lowest BCUT2D eigenvalue weighted by Gasteiger charge is -2.23. The number of nitrogens with one attached hydrogen (secondary N) is 1. The van der Waals surface area contributed by atoms with Crippen LogP contribution in [0.1, 0.15) is 43.9 Å². The van der Waals surface area contributed by atoms with Gasteiger partial charge in [-0.25, -0.2) is 9.97 Å². The van der Waals surface area contributed by atoms with Crippen molar-refractivity contribution in [1.29, 1.82) is 5.26 Å². The third kappa shape index (κ3) is 3.33. The summed E-state index contributed by atoms with van der Waals surface area (Å²) in [6, 6.07) is 2.80. The van der Waals surface area contributed by atoms with Crippen molar-refractivity contribution < 1.29 is 0 Å². The Labute approximate surface area is 143 Å². The molecule has 24 heavy (non-hydrogen) atoms. The van der Waals surface area contributed by atoms with Gasteiger partial charge in [0, 0.05) is 25.0 Å². The molecule has 3 rings (SSSR count). The minimum absolute atomic E-state index is 0.448. The summed E-state index contributed by atoms with van der Waals surface area (Å²) in [6.07, 6.45) is 14.5. The van der Waals surface area contributed by atoms with E-state index in [2.05, 4.69) is 33.2 Å². The smallest absolute Gasteiger partial charge is 0.223 e. The van der Waals surface area contributed by atoms with E-state index >= 15 is 0 Å². The van der Waals surface area contributed by atoms with Gasteiger partial charge in [-0.15, -0.1) is 0 Å². The highest BCUT2D eigenvalue weighted by molar-refractivity contribution is 5.81. The molecule has 2 aliphatic rings. The maximum absolute atomic E-state index is 9.77. The number of likely N-dealkylation sites (N-methyl/N-ethyl adjacent to an activating group) is 1. The predicted octanol–water partition coefficient (Wildman–Crippen LogP) is 3.78. The maximum atomic E-state index is 9.77. The fourth-order valence-electron chi connectivity index (χ4n) is 3.23. The lowest BCUT2D eigenvalue weighted by atomic mass is 10.0. The van der Waals surface area contributed by atoms with Crippen LogP contribution >= 0.6 is 0 Å². The van der Waals surface area contributed by atoms with E-state index in [1.165, 1.54) is 12.8 Å². The molecule has 1 fully saturated rings. The quantitative estimate of drug-likeness (QED) is 0.855. The van der Waals surface area contributed by atoms with Crippen molar-refractivity contribution in [3.8, 4) is 6.07 Å². The van der Waals surface area contributed by atoms with Gasteiger partial charge in [0.05, 0.1) is 11.4 Å². The normalized spacial score (nSPS) is 19.5. The fraction of sp³-hybridized carbons (Fsp3) is 0.421. The number of allylic oxidation sites excluding steroid dienone is 4. The second kappa shape index (κ2) is 7.31. The first-order valence-electron chi connectivity index (χ1n) is 8.59. The molecular formula is C19H23N5. The fourth-order valence-corrected chi connectivity index (χ4v) is 3.23. The summed E-state index contributed by atoms with van der Waals surface area (Å²) in [5, 5.41) is 13.2. The number of aromatic nitrogens is 2. The molecule has 0 aromatic carbocycles. The molecular weight excluding hydrogens is 298 g/mol. The lowest BCUT2D eigenvalue weighted by Crippen LogP contribution is -2.19. The second-order valence-electron chi connectivity index (χ2n) is 6.21. The van der Waals surface area contributed by atoms with E-state index in [1.807, 2.05) is 31.4 Å². The van der Waals surface area contributed by atoms with Crippen LogP contribution in [0.25, 0.3) is 5.57 Å². The topological polar surface area (TPSA) is 64.8 Å². The maximum Gasteiger partial charge on any atom is 0.223 e. The Morgan fingerprint density at radius 2 is 2.17 bits per heavy atom. The van der Waals surface area contributed by atoms with Crippen molar-refractivity contribution in [3.63, 3.8) is 0 Å². The summed E-state index contributed by atoms with van der Waals surface area (Å²) in [4.78, 5) is 11.1. The van der Waals surface area contributed by atoms with Crippen molar-refractivity contribution in [2.75, 3.05) is 11.9 Å². The number of anilines is 1. The summed E-state index contributed by atoms with van der Waals surface area (Å²) in [5.41, 5.74) is 3.10. The second-order valence-corrected chi connectivity index (χ2v) is 6.21. The van der Waals surface area contributed by atoms with E-state index in [9.17, 15) is 5.26 Å². The van der Waals surface area contributed by atoms with Gasteiger partial charge in [0.2, 0.25) is 5.95 Å². The molecule has 5 nitrogen and oxygen atoms in total. The average molecular weight is 321 g/mol. The van der Waals surface area contributed by atoms with Crippen LogP contribution in [0.3, 0.4) is 0 Å². The minimum atomic E-state index is 0.448. The van der Waals surface area contributed by atoms with E-state index in [4.69, 9.17) is 0 Å². The Kier molecular flexibility index (Phi) is 4.95. The van der Waals surface area contributed by atoms with Crippen molar-refractivity contribution in [3.05, 3.63) is 47.6 Å². The van der Waals surface area contributed by atoms with Crippen molar-refractivity contribution >= 4 is 11.5 Å². The van der Waals surface area contributed by atoms with Gasteiger partial charge in [0.1, 0.15) is 11.6 Å². The summed E-state index contributed by atoms with van der Waals surface area (Å²) < 4.78 is 0. The monoisotopic (exact) mass is 321 g/mol. The van der Waals surface area contributed by atoms with Crippen LogP contribution in [0, 0.1) is 18.3 Å². The number of hydrogen-bond donors (Lipinski definition) is 1. The summed E-state index contributed by atoms with van der Waals surface area (Å²) >= 11 is 0. The molecule has 1 aliphatic carbocycles. The summed E-state index contributed by atoms with van der Waals surface area (Å²) in [5.74, 6) is 0.620. The molecule has 0 saturated heterocycles. The van der Waals surface area contributed by atoms with Gasteiger partial charge in [-0.3, -0.25) is 0 Å². The highest BCUT2D eigenvalue weighted by Gasteiger charge is 2.19. The standard InChI is InChI=1S/C19H23N5/c1-3-24-11-7-6-10-17(24)16(12-20)18-14(2)13-21-19(23-18)22-15-8-4-5-9-15/h6-7,10-11,13,15H,3-5,8-9H2,1-2H3,(H,21,22,23). The average Bonchev–Trinajstić information content (AvgIpc) is 3.12. The Morgan fingerprint density at radius 1 is 1.38 bits per heavy atom. The first-order valence-corrected chi connectivity index (χ1v) is 8.59. The third-order valence-electron chi connectivity index (χ3n) is 4.55. The summed E-state index contributed by atoms with van der Waals surface area (Å²) in [7, 11) is 0. The molecule has 0 radical (unpaired) electrons. The van der Waals surface area contributed by atoms with Gasteiger partial charge >= 0.3 is 0 Å². The molecule has 0 amide bonds. The van der Waals surface area contributed by atoms with Crippen LogP contribution in [0.2, 0.25) is 0 Å². The molecule has 1 aliphatic heterocycles. The molecule has 124 valence electrons. The van der Waals surface area contributed by atoms with Gasteiger partial charge in [0.15, 0.2) is 0 Å². The molecule has 1 aromatic heterocycles. The van der Waals surface area contributed by atoms with E-state index in [0.29, 0.717) is 23.3 Å². The number of aryl methyl sites for hydroxylation is 1. The van der Waals surface area contributed by atoms with E-state index < -0.39 is 0 Å². The van der Waals surface area contributed by atoms with Gasteiger partial charge in [-0.05, 0) is 44.4 Å².